The van der Waals surface area contributed by atoms with Crippen LogP contribution in [0, 0.1) is 0 Å². The molecule has 0 N–H and O–H groups in total. The third-order valence-corrected chi connectivity index (χ3v) is 27.3. The Morgan fingerprint density at radius 2 is 0.567 bits per heavy atom. The van der Waals surface area contributed by atoms with Crippen molar-refractivity contribution < 1.29 is 5.48 Å². The summed E-state index contributed by atoms with van der Waals surface area (Å²) in [5.74, 6) is 0. The van der Waals surface area contributed by atoms with Gasteiger partial charge in [0.15, 0.2) is 0 Å². The van der Waals surface area contributed by atoms with Crippen molar-refractivity contribution in [2.75, 3.05) is 9.80 Å². The molecule has 0 unspecified atom stereocenters. The van der Waals surface area contributed by atoms with Gasteiger partial charge < -0.3 is 18.9 Å². The Bertz CT molecular complexity index is 8170. The molecule has 0 saturated heterocycles. The highest BCUT2D eigenvalue weighted by Gasteiger charge is 2.47. The van der Waals surface area contributed by atoms with Crippen LogP contribution in [0.1, 0.15) is 111 Å². The van der Waals surface area contributed by atoms with Crippen LogP contribution < -0.4 is 26.2 Å². The Labute approximate surface area is 750 Å². The highest BCUT2D eigenvalue weighted by Crippen LogP contribution is 2.56. The number of aromatic nitrogens is 2. The standard InChI is InChI=1S/C122H99BN4/c1-119(2,3)88-52-62-110-104(68-88)102-66-82(76-30-17-13-18-31-76)50-60-108(102)124(110)92-54-58-106-112(74-92)126(117-98(86-48-56-96-84(64-86)46-44-80-38-25-27-40-94(80)96)42-29-43-99(117)87-49-57-97-85(65-87)47-45-81-39-26-28-41-95(81)97)114-72-91(122(10,11)12)73-115-116(114)123(106)107-59-55-93(125-109-61-51-83(77-32-19-14-20-33-77)67-103(109)105-69-89(120(4,5)6)53-63-111(105)125)75-113(107)127(115)118-100(78-34-21-15-22-35-78)70-90(121(7,8)9)71-101(118)79-36-23-16-24-37-79/h13-75H,1-12H3/i54D,55D,74D,75D. The summed E-state index contributed by atoms with van der Waals surface area (Å²) in [6.07, 6.45) is 0. The third kappa shape index (κ3) is 12.8. The Hall–Kier alpha value is -14.5. The molecule has 19 aromatic carbocycles. The topological polar surface area (TPSA) is 16.3 Å². The maximum Gasteiger partial charge on any atom is 0.252 e. The van der Waals surface area contributed by atoms with Crippen molar-refractivity contribution >= 4 is 144 Å². The zero-order valence-corrected chi connectivity index (χ0v) is 73.9. The molecule has 4 heterocycles. The molecule has 0 radical (unpaired) electrons. The fourth-order valence-corrected chi connectivity index (χ4v) is 20.5. The summed E-state index contributed by atoms with van der Waals surface area (Å²) in [5, 5.41) is 13.3. The van der Waals surface area contributed by atoms with Gasteiger partial charge in [0, 0.05) is 77.9 Å². The Kier molecular flexibility index (Phi) is 16.7. The fraction of sp³-hybridized carbons (Fsp3) is 0.131. The average molecular weight is 1640 g/mol. The smallest absolute Gasteiger partial charge is 0.252 e. The van der Waals surface area contributed by atoms with Crippen LogP contribution in [0.15, 0.2) is 382 Å². The molecule has 21 aromatic rings. The summed E-state index contributed by atoms with van der Waals surface area (Å²) >= 11 is 0. The molecule has 0 amide bonds. The summed E-state index contributed by atoms with van der Waals surface area (Å²) in [6, 6.07) is 131. The van der Waals surface area contributed by atoms with Crippen molar-refractivity contribution in [3.63, 3.8) is 0 Å². The van der Waals surface area contributed by atoms with Crippen LogP contribution in [0.5, 0.6) is 0 Å². The van der Waals surface area contributed by atoms with Crippen molar-refractivity contribution in [3.05, 3.63) is 404 Å². The second kappa shape index (κ2) is 29.0. The second-order valence-electron chi connectivity index (χ2n) is 39.3. The second-order valence-corrected chi connectivity index (χ2v) is 39.3. The molecule has 0 aliphatic carbocycles. The highest BCUT2D eigenvalue weighted by atomic mass is 15.2. The summed E-state index contributed by atoms with van der Waals surface area (Å²) in [5.41, 5.74) is 26.7. The third-order valence-electron chi connectivity index (χ3n) is 27.3. The summed E-state index contributed by atoms with van der Waals surface area (Å²) < 4.78 is 51.7. The lowest BCUT2D eigenvalue weighted by Crippen LogP contribution is -2.61. The van der Waals surface area contributed by atoms with Crippen LogP contribution in [0.4, 0.5) is 34.1 Å². The van der Waals surface area contributed by atoms with Gasteiger partial charge in [0.2, 0.25) is 0 Å². The predicted molar refractivity (Wildman–Crippen MR) is 547 cm³/mol. The molecule has 610 valence electrons. The van der Waals surface area contributed by atoms with E-state index in [-0.39, 0.29) is 40.4 Å². The van der Waals surface area contributed by atoms with E-state index < -0.39 is 12.1 Å². The van der Waals surface area contributed by atoms with Gasteiger partial charge in [-0.15, -0.1) is 0 Å². The Morgan fingerprint density at radius 3 is 0.976 bits per heavy atom. The first-order chi connectivity index (χ1) is 63.2. The summed E-state index contributed by atoms with van der Waals surface area (Å²) in [7, 11) is 0. The molecule has 2 aliphatic heterocycles. The number of fused-ring (bicyclic) bond motifs is 16. The molecule has 0 fully saturated rings. The molecule has 0 spiro atoms. The SMILES string of the molecule is [2H]c1cc2c(c([2H])c1-n1c3ccc(-c4ccccc4)cc3c3cc(C(C)(C)C)ccc31)N(c1c(-c3ccc4c(ccc5ccccc54)c3)cccc1-c1ccc3c(ccc4ccccc43)c1)c1cc(C(C)(C)C)cc3c1B2c1cc([2H])c(-n2c4ccc(-c5ccccc5)cc4c4cc(C(C)(C)C)ccc42)c([2H])c1N3c1c(-c2ccccc2)cc(C(C)(C)C)cc1-c1ccccc1. The van der Waals surface area contributed by atoms with Crippen molar-refractivity contribution in [1.82, 2.24) is 9.13 Å². The van der Waals surface area contributed by atoms with Gasteiger partial charge in [-0.05, 0) is 257 Å². The van der Waals surface area contributed by atoms with E-state index in [0.717, 1.165) is 171 Å². The van der Waals surface area contributed by atoms with Crippen LogP contribution in [-0.4, -0.2) is 15.8 Å². The van der Waals surface area contributed by atoms with E-state index in [4.69, 9.17) is 0 Å². The van der Waals surface area contributed by atoms with Crippen LogP contribution >= 0.6 is 0 Å². The summed E-state index contributed by atoms with van der Waals surface area (Å²) in [4.78, 5) is 4.93. The molecule has 0 atom stereocenters. The van der Waals surface area contributed by atoms with Gasteiger partial charge in [0.05, 0.1) is 38.9 Å². The number of hydrogen-bond donors (Lipinski definition) is 0. The molecule has 0 bridgehead atoms. The number of rotatable bonds is 10. The number of anilines is 6. The minimum absolute atomic E-state index is 0.158. The highest BCUT2D eigenvalue weighted by molar-refractivity contribution is 7.00. The minimum Gasteiger partial charge on any atom is -0.310 e. The zero-order valence-electron chi connectivity index (χ0n) is 77.9. The number of nitrogens with zero attached hydrogens (tertiary/aromatic N) is 4. The van der Waals surface area contributed by atoms with Crippen LogP contribution in [-0.2, 0) is 21.7 Å². The first-order valence-corrected chi connectivity index (χ1v) is 44.8. The van der Waals surface area contributed by atoms with E-state index in [9.17, 15) is 5.48 Å². The monoisotopic (exact) mass is 1630 g/mol. The quantitative estimate of drug-likeness (QED) is 0.100. The van der Waals surface area contributed by atoms with Gasteiger partial charge in [0.1, 0.15) is 0 Å². The molecule has 0 saturated carbocycles. The molecule has 23 rings (SSSR count). The maximum atomic E-state index is 12.3. The van der Waals surface area contributed by atoms with Crippen LogP contribution in [0.3, 0.4) is 0 Å². The van der Waals surface area contributed by atoms with E-state index >= 15 is 0 Å². The van der Waals surface area contributed by atoms with E-state index in [2.05, 4.69) is 460 Å². The van der Waals surface area contributed by atoms with Crippen molar-refractivity contribution in [2.45, 2.75) is 105 Å². The Balaban J connectivity index is 0.907. The maximum absolute atomic E-state index is 12.3. The first-order valence-electron chi connectivity index (χ1n) is 46.8. The normalized spacial score (nSPS) is 13.4. The molecule has 4 nitrogen and oxygen atoms in total. The van der Waals surface area contributed by atoms with Gasteiger partial charge in [-0.1, -0.05) is 356 Å². The molecule has 127 heavy (non-hydrogen) atoms. The average Bonchev–Trinajstić information content (AvgIpc) is 0.809. The van der Waals surface area contributed by atoms with E-state index in [1.165, 1.54) is 32.7 Å². The molecular weight excluding hydrogens is 1530 g/mol. The number of hydrogen-bond acceptors (Lipinski definition) is 2. The van der Waals surface area contributed by atoms with Gasteiger partial charge >= 0.3 is 0 Å². The lowest BCUT2D eigenvalue weighted by atomic mass is 9.33. The number of para-hydroxylation sites is 1. The van der Waals surface area contributed by atoms with Crippen molar-refractivity contribution in [2.24, 2.45) is 0 Å². The predicted octanol–water partition coefficient (Wildman–Crippen LogP) is 31.8. The molecule has 2 aliphatic rings. The molecule has 2 aromatic heterocycles. The minimum atomic E-state index is -0.814. The van der Waals surface area contributed by atoms with Gasteiger partial charge in [-0.2, -0.15) is 0 Å². The lowest BCUT2D eigenvalue weighted by Gasteiger charge is -2.46. The van der Waals surface area contributed by atoms with Crippen LogP contribution in [0.2, 0.25) is 0 Å². The van der Waals surface area contributed by atoms with Crippen molar-refractivity contribution in [1.29, 1.82) is 0 Å². The fourth-order valence-electron chi connectivity index (χ4n) is 20.5. The van der Waals surface area contributed by atoms with Gasteiger partial charge in [0.25, 0.3) is 6.71 Å². The summed E-state index contributed by atoms with van der Waals surface area (Å²) in [6.45, 7) is 26.6. The van der Waals surface area contributed by atoms with Crippen molar-refractivity contribution in [3.8, 4) is 78.1 Å². The van der Waals surface area contributed by atoms with Gasteiger partial charge in [-0.25, -0.2) is 0 Å². The van der Waals surface area contributed by atoms with Crippen LogP contribution in [0.25, 0.3) is 165 Å². The van der Waals surface area contributed by atoms with E-state index in [1.54, 1.807) is 0 Å². The lowest BCUT2D eigenvalue weighted by molar-refractivity contribution is 0.590. The molecule has 5 heteroatoms. The number of benzene rings is 19. The first kappa shape index (κ1) is 72.9. The van der Waals surface area contributed by atoms with E-state index in [0.29, 0.717) is 33.7 Å². The largest absolute Gasteiger partial charge is 0.310 e. The zero-order chi connectivity index (χ0) is 89.7. The Morgan fingerprint density at radius 1 is 0.228 bits per heavy atom. The molecular formula is C122H99BN4. The van der Waals surface area contributed by atoms with Gasteiger partial charge in [-0.3, -0.25) is 0 Å². The van der Waals surface area contributed by atoms with E-state index in [1.807, 2.05) is 0 Å².